The number of hydrogen-bond donors (Lipinski definition) is 1. The molecule has 0 atom stereocenters. The number of nitrogens with one attached hydrogen (secondary N) is 1. The molecule has 1 aliphatic rings. The number of hydrogen-bond acceptors (Lipinski definition) is 5. The zero-order chi connectivity index (χ0) is 20.1. The number of ether oxygens (including phenoxy) is 1. The number of carbonyl (C=O) groups is 1. The van der Waals surface area contributed by atoms with E-state index >= 15 is 0 Å². The monoisotopic (exact) mass is 423 g/mol. The number of piperidine rings is 1. The third kappa shape index (κ3) is 4.81. The molecule has 28 heavy (non-hydrogen) atoms. The van der Waals surface area contributed by atoms with Crippen LogP contribution in [0.2, 0.25) is 5.02 Å². The average molecular weight is 424 g/mol. The van der Waals surface area contributed by atoms with E-state index in [-0.39, 0.29) is 16.7 Å². The highest BCUT2D eigenvalue weighted by Gasteiger charge is 2.31. The van der Waals surface area contributed by atoms with Crippen molar-refractivity contribution in [3.8, 4) is 5.88 Å². The Morgan fingerprint density at radius 3 is 2.57 bits per heavy atom. The molecule has 0 aliphatic carbocycles. The van der Waals surface area contributed by atoms with Gasteiger partial charge < -0.3 is 10.1 Å². The Morgan fingerprint density at radius 1 is 1.25 bits per heavy atom. The number of sulfonamides is 1. The SMILES string of the molecule is COc1cc(CNC(=O)C2CCN(S(=O)(=O)c3ccc(Cl)cc3)CC2)ccn1. The maximum atomic E-state index is 12.7. The van der Waals surface area contributed by atoms with Crippen LogP contribution in [0, 0.1) is 5.92 Å². The van der Waals surface area contributed by atoms with Crippen LogP contribution in [0.25, 0.3) is 0 Å². The number of pyridine rings is 1. The van der Waals surface area contributed by atoms with Gasteiger partial charge in [-0.15, -0.1) is 0 Å². The van der Waals surface area contributed by atoms with Crippen LogP contribution in [-0.2, 0) is 21.4 Å². The lowest BCUT2D eigenvalue weighted by molar-refractivity contribution is -0.126. The highest BCUT2D eigenvalue weighted by molar-refractivity contribution is 7.89. The molecule has 1 fully saturated rings. The van der Waals surface area contributed by atoms with E-state index in [4.69, 9.17) is 16.3 Å². The number of aromatic nitrogens is 1. The second-order valence-electron chi connectivity index (χ2n) is 6.56. The smallest absolute Gasteiger partial charge is 0.243 e. The van der Waals surface area contributed by atoms with Crippen LogP contribution < -0.4 is 10.1 Å². The average Bonchev–Trinajstić information content (AvgIpc) is 2.72. The number of nitrogens with zero attached hydrogens (tertiary/aromatic N) is 2. The van der Waals surface area contributed by atoms with Gasteiger partial charge >= 0.3 is 0 Å². The third-order valence-corrected chi connectivity index (χ3v) is 6.92. The Hall–Kier alpha value is -2.16. The topological polar surface area (TPSA) is 88.6 Å². The van der Waals surface area contributed by atoms with Gasteiger partial charge in [-0.05, 0) is 48.7 Å². The van der Waals surface area contributed by atoms with Crippen molar-refractivity contribution in [2.45, 2.75) is 24.3 Å². The summed E-state index contributed by atoms with van der Waals surface area (Å²) in [4.78, 5) is 16.7. The van der Waals surface area contributed by atoms with E-state index in [9.17, 15) is 13.2 Å². The number of amides is 1. The molecule has 0 bridgehead atoms. The Bertz CT molecular complexity index is 926. The molecule has 3 rings (SSSR count). The fourth-order valence-corrected chi connectivity index (χ4v) is 4.72. The Labute approximate surface area is 169 Å². The summed E-state index contributed by atoms with van der Waals surface area (Å²) in [7, 11) is -2.03. The van der Waals surface area contributed by atoms with Gasteiger partial charge in [0.25, 0.3) is 0 Å². The molecule has 0 unspecified atom stereocenters. The van der Waals surface area contributed by atoms with E-state index in [0.717, 1.165) is 5.56 Å². The van der Waals surface area contributed by atoms with Crippen LogP contribution in [0.15, 0.2) is 47.5 Å². The van der Waals surface area contributed by atoms with Gasteiger partial charge in [-0.1, -0.05) is 11.6 Å². The molecule has 2 heterocycles. The number of methoxy groups -OCH3 is 1. The molecule has 7 nitrogen and oxygen atoms in total. The maximum absolute atomic E-state index is 12.7. The second kappa shape index (κ2) is 8.89. The molecule has 0 spiro atoms. The fourth-order valence-electron chi connectivity index (χ4n) is 3.12. The van der Waals surface area contributed by atoms with Crippen LogP contribution in [0.5, 0.6) is 5.88 Å². The van der Waals surface area contributed by atoms with Crippen LogP contribution in [0.1, 0.15) is 18.4 Å². The predicted octanol–water partition coefficient (Wildman–Crippen LogP) is 2.46. The lowest BCUT2D eigenvalue weighted by Gasteiger charge is -2.30. The summed E-state index contributed by atoms with van der Waals surface area (Å²) in [5.41, 5.74) is 0.892. The van der Waals surface area contributed by atoms with Crippen molar-refractivity contribution in [1.29, 1.82) is 0 Å². The quantitative estimate of drug-likeness (QED) is 0.770. The first-order valence-corrected chi connectivity index (χ1v) is 10.7. The maximum Gasteiger partial charge on any atom is 0.243 e. The number of halogens is 1. The molecule has 1 aliphatic heterocycles. The molecule has 0 saturated carbocycles. The first kappa shape index (κ1) is 20.6. The predicted molar refractivity (Wildman–Crippen MR) is 106 cm³/mol. The summed E-state index contributed by atoms with van der Waals surface area (Å²) < 4.78 is 31.9. The van der Waals surface area contributed by atoms with Gasteiger partial charge in [0.15, 0.2) is 0 Å². The number of benzene rings is 1. The van der Waals surface area contributed by atoms with Crippen LogP contribution in [0.3, 0.4) is 0 Å². The van der Waals surface area contributed by atoms with Crippen molar-refractivity contribution < 1.29 is 17.9 Å². The van der Waals surface area contributed by atoms with E-state index in [1.165, 1.54) is 23.5 Å². The van der Waals surface area contributed by atoms with Gasteiger partial charge in [0.2, 0.25) is 21.8 Å². The molecular formula is C19H22ClN3O4S. The number of rotatable bonds is 6. The molecule has 1 amide bonds. The molecule has 1 aromatic heterocycles. The second-order valence-corrected chi connectivity index (χ2v) is 8.93. The van der Waals surface area contributed by atoms with Crippen molar-refractivity contribution in [2.24, 2.45) is 5.92 Å². The van der Waals surface area contributed by atoms with Crippen molar-refractivity contribution in [3.63, 3.8) is 0 Å². The lowest BCUT2D eigenvalue weighted by Crippen LogP contribution is -2.42. The van der Waals surface area contributed by atoms with E-state index < -0.39 is 10.0 Å². The van der Waals surface area contributed by atoms with E-state index in [1.54, 1.807) is 24.4 Å². The molecule has 1 N–H and O–H groups in total. The highest BCUT2D eigenvalue weighted by atomic mass is 35.5. The van der Waals surface area contributed by atoms with Crippen molar-refractivity contribution >= 4 is 27.5 Å². The standard InChI is InChI=1S/C19H22ClN3O4S/c1-27-18-12-14(6-9-21-18)13-22-19(24)15-7-10-23(11-8-15)28(25,26)17-4-2-16(20)3-5-17/h2-6,9,12,15H,7-8,10-11,13H2,1H3,(H,22,24). The largest absolute Gasteiger partial charge is 0.481 e. The Kier molecular flexibility index (Phi) is 6.53. The molecule has 0 radical (unpaired) electrons. The van der Waals surface area contributed by atoms with Crippen LogP contribution >= 0.6 is 11.6 Å². The van der Waals surface area contributed by atoms with Crippen molar-refractivity contribution in [2.75, 3.05) is 20.2 Å². The van der Waals surface area contributed by atoms with Gasteiger partial charge in [0.1, 0.15) is 0 Å². The van der Waals surface area contributed by atoms with Gasteiger partial charge in [0, 0.05) is 42.8 Å². The fraction of sp³-hybridized carbons (Fsp3) is 0.368. The zero-order valence-electron chi connectivity index (χ0n) is 15.5. The van der Waals surface area contributed by atoms with Crippen LogP contribution in [-0.4, -0.2) is 43.8 Å². The van der Waals surface area contributed by atoms with Crippen molar-refractivity contribution in [1.82, 2.24) is 14.6 Å². The zero-order valence-corrected chi connectivity index (χ0v) is 17.0. The minimum Gasteiger partial charge on any atom is -0.481 e. The first-order valence-electron chi connectivity index (χ1n) is 8.92. The molecule has 1 saturated heterocycles. The van der Waals surface area contributed by atoms with Gasteiger partial charge in [0.05, 0.1) is 12.0 Å². The van der Waals surface area contributed by atoms with Gasteiger partial charge in [-0.2, -0.15) is 4.31 Å². The van der Waals surface area contributed by atoms with E-state index in [1.807, 2.05) is 6.07 Å². The Balaban J connectivity index is 1.54. The summed E-state index contributed by atoms with van der Waals surface area (Å²) >= 11 is 5.83. The minimum atomic E-state index is -3.57. The third-order valence-electron chi connectivity index (χ3n) is 4.75. The van der Waals surface area contributed by atoms with Crippen molar-refractivity contribution in [3.05, 3.63) is 53.2 Å². The molecule has 2 aromatic rings. The van der Waals surface area contributed by atoms with Gasteiger partial charge in [-0.3, -0.25) is 4.79 Å². The molecule has 1 aromatic carbocycles. The summed E-state index contributed by atoms with van der Waals surface area (Å²) in [6.45, 7) is 0.999. The van der Waals surface area contributed by atoms with E-state index in [2.05, 4.69) is 10.3 Å². The van der Waals surface area contributed by atoms with Crippen LogP contribution in [0.4, 0.5) is 0 Å². The summed E-state index contributed by atoms with van der Waals surface area (Å²) in [5, 5.41) is 3.39. The number of carbonyl (C=O) groups excluding carboxylic acids is 1. The lowest BCUT2D eigenvalue weighted by atomic mass is 9.97. The molecule has 9 heteroatoms. The highest BCUT2D eigenvalue weighted by Crippen LogP contribution is 2.25. The normalized spacial score (nSPS) is 15.9. The summed E-state index contributed by atoms with van der Waals surface area (Å²) in [6, 6.07) is 9.69. The van der Waals surface area contributed by atoms with Gasteiger partial charge in [-0.25, -0.2) is 13.4 Å². The first-order chi connectivity index (χ1) is 13.4. The summed E-state index contributed by atoms with van der Waals surface area (Å²) in [6.07, 6.45) is 2.59. The molecule has 150 valence electrons. The Morgan fingerprint density at radius 2 is 1.93 bits per heavy atom. The molecular weight excluding hydrogens is 402 g/mol. The van der Waals surface area contributed by atoms with E-state index in [0.29, 0.717) is 43.4 Å². The summed E-state index contributed by atoms with van der Waals surface area (Å²) in [5.74, 6) is 0.215. The minimum absolute atomic E-state index is 0.0701.